The van der Waals surface area contributed by atoms with Gasteiger partial charge in [-0.3, -0.25) is 4.79 Å². The van der Waals surface area contributed by atoms with E-state index >= 15 is 0 Å². The molecule has 4 nitrogen and oxygen atoms in total. The molecule has 2 aromatic rings. The van der Waals surface area contributed by atoms with Gasteiger partial charge in [0.1, 0.15) is 6.17 Å². The maximum Gasteiger partial charge on any atom is 0.250 e. The molecule has 2 heterocycles. The molecule has 0 spiro atoms. The third-order valence-corrected chi connectivity index (χ3v) is 5.21. The first-order valence-corrected chi connectivity index (χ1v) is 8.46. The van der Waals surface area contributed by atoms with E-state index in [-0.39, 0.29) is 24.0 Å². The Morgan fingerprint density at radius 3 is 2.40 bits per heavy atom. The number of nitriles is 1. The van der Waals surface area contributed by atoms with Crippen molar-refractivity contribution in [1.82, 2.24) is 10.2 Å². The number of hydrogen-bond acceptors (Lipinski definition) is 3. The number of nitrogens with zero attached hydrogens (tertiary/aromatic N) is 2. The number of aryl methyl sites for hydroxylation is 1. The zero-order valence-corrected chi connectivity index (χ0v) is 14.2. The number of rotatable bonds is 2. The first kappa shape index (κ1) is 15.5. The minimum Gasteiger partial charge on any atom is -0.364 e. The number of carbonyl (C=O) groups excluding carboxylic acids is 1. The van der Waals surface area contributed by atoms with Gasteiger partial charge in [0.15, 0.2) is 0 Å². The van der Waals surface area contributed by atoms with Gasteiger partial charge in [0, 0.05) is 23.7 Å². The van der Waals surface area contributed by atoms with Gasteiger partial charge >= 0.3 is 0 Å². The molecule has 0 aliphatic carbocycles. The van der Waals surface area contributed by atoms with Crippen molar-refractivity contribution in [3.05, 3.63) is 76.9 Å². The summed E-state index contributed by atoms with van der Waals surface area (Å²) in [5.41, 5.74) is 4.84. The Balaban J connectivity index is 1.63. The molecular formula is C21H19N3O. The average molecular weight is 329 g/mol. The maximum absolute atomic E-state index is 12.6. The van der Waals surface area contributed by atoms with Crippen LogP contribution in [0.15, 0.2) is 54.6 Å². The van der Waals surface area contributed by atoms with Gasteiger partial charge in [0.2, 0.25) is 0 Å². The van der Waals surface area contributed by atoms with Crippen molar-refractivity contribution in [1.29, 1.82) is 5.26 Å². The predicted octanol–water partition coefficient (Wildman–Crippen LogP) is 3.15. The zero-order valence-electron chi connectivity index (χ0n) is 14.2. The minimum atomic E-state index is -0.0270. The van der Waals surface area contributed by atoms with E-state index in [1.54, 1.807) is 18.2 Å². The molecule has 1 saturated heterocycles. The number of carbonyl (C=O) groups is 1. The number of hydrogen-bond donors (Lipinski definition) is 1. The second-order valence-electron chi connectivity index (χ2n) is 6.76. The normalized spacial score (nSPS) is 24.5. The molecule has 1 fully saturated rings. The SMILES string of the molecule is Cc1ccc(C2C(C)N3C(=O)C=C(c4ccc(C#N)cc4)NC23)cc1. The Kier molecular flexibility index (Phi) is 3.58. The number of amides is 1. The summed E-state index contributed by atoms with van der Waals surface area (Å²) in [5.74, 6) is 0.311. The molecule has 4 heteroatoms. The van der Waals surface area contributed by atoms with E-state index in [0.29, 0.717) is 5.56 Å². The van der Waals surface area contributed by atoms with Crippen LogP contribution < -0.4 is 5.32 Å². The fourth-order valence-corrected chi connectivity index (χ4v) is 3.80. The van der Waals surface area contributed by atoms with Gasteiger partial charge < -0.3 is 10.2 Å². The summed E-state index contributed by atoms with van der Waals surface area (Å²) in [7, 11) is 0. The van der Waals surface area contributed by atoms with Gasteiger partial charge in [-0.25, -0.2) is 0 Å². The largest absolute Gasteiger partial charge is 0.364 e. The van der Waals surface area contributed by atoms with Gasteiger partial charge in [-0.1, -0.05) is 42.0 Å². The van der Waals surface area contributed by atoms with Crippen LogP contribution in [0.2, 0.25) is 0 Å². The molecule has 0 bridgehead atoms. The van der Waals surface area contributed by atoms with E-state index in [0.717, 1.165) is 11.3 Å². The van der Waals surface area contributed by atoms with E-state index in [1.807, 2.05) is 17.0 Å². The highest BCUT2D eigenvalue weighted by atomic mass is 16.2. The van der Waals surface area contributed by atoms with Crippen LogP contribution in [0, 0.1) is 18.3 Å². The van der Waals surface area contributed by atoms with Crippen molar-refractivity contribution in [3.8, 4) is 6.07 Å². The highest BCUT2D eigenvalue weighted by Crippen LogP contribution is 2.42. The molecule has 2 aromatic carbocycles. The van der Waals surface area contributed by atoms with Crippen molar-refractivity contribution in [3.63, 3.8) is 0 Å². The zero-order chi connectivity index (χ0) is 17.6. The Morgan fingerprint density at radius 2 is 1.76 bits per heavy atom. The molecule has 2 aliphatic rings. The lowest BCUT2D eigenvalue weighted by Gasteiger charge is -2.56. The van der Waals surface area contributed by atoms with Crippen LogP contribution in [0.3, 0.4) is 0 Å². The van der Waals surface area contributed by atoms with Gasteiger partial charge in [0.05, 0.1) is 11.6 Å². The summed E-state index contributed by atoms with van der Waals surface area (Å²) in [5, 5.41) is 12.4. The quantitative estimate of drug-likeness (QED) is 0.921. The van der Waals surface area contributed by atoms with Crippen LogP contribution in [0.1, 0.15) is 35.1 Å². The molecule has 2 aliphatic heterocycles. The molecule has 1 amide bonds. The lowest BCUT2D eigenvalue weighted by Crippen LogP contribution is -2.69. The molecule has 4 rings (SSSR count). The van der Waals surface area contributed by atoms with E-state index in [9.17, 15) is 4.79 Å². The number of benzene rings is 2. The highest BCUT2D eigenvalue weighted by Gasteiger charge is 2.50. The second kappa shape index (κ2) is 5.78. The van der Waals surface area contributed by atoms with E-state index in [4.69, 9.17) is 5.26 Å². The summed E-state index contributed by atoms with van der Waals surface area (Å²) >= 11 is 0. The summed E-state index contributed by atoms with van der Waals surface area (Å²) in [6.45, 7) is 4.18. The fourth-order valence-electron chi connectivity index (χ4n) is 3.80. The summed E-state index contributed by atoms with van der Waals surface area (Å²) in [6.07, 6.45) is 1.63. The molecule has 0 saturated carbocycles. The van der Waals surface area contributed by atoms with E-state index < -0.39 is 0 Å². The monoisotopic (exact) mass is 329 g/mol. The lowest BCUT2D eigenvalue weighted by atomic mass is 9.78. The van der Waals surface area contributed by atoms with Crippen molar-refractivity contribution in [2.45, 2.75) is 32.0 Å². The van der Waals surface area contributed by atoms with Crippen LogP contribution in [0.4, 0.5) is 0 Å². The molecule has 25 heavy (non-hydrogen) atoms. The van der Waals surface area contributed by atoms with Crippen LogP contribution in [0.25, 0.3) is 5.70 Å². The fraction of sp³-hybridized carbons (Fsp3) is 0.238. The average Bonchev–Trinajstić information content (AvgIpc) is 2.62. The number of fused-ring (bicyclic) bond motifs is 1. The van der Waals surface area contributed by atoms with Gasteiger partial charge in [-0.05, 0) is 37.1 Å². The van der Waals surface area contributed by atoms with Crippen LogP contribution in [0.5, 0.6) is 0 Å². The molecule has 0 radical (unpaired) electrons. The first-order valence-electron chi connectivity index (χ1n) is 8.46. The molecule has 1 N–H and O–H groups in total. The van der Waals surface area contributed by atoms with E-state index in [1.165, 1.54) is 11.1 Å². The molecule has 0 aromatic heterocycles. The molecule has 3 unspecified atom stereocenters. The third-order valence-electron chi connectivity index (χ3n) is 5.21. The minimum absolute atomic E-state index is 0.0270. The highest BCUT2D eigenvalue weighted by molar-refractivity contribution is 5.98. The Hall–Kier alpha value is -3.06. The maximum atomic E-state index is 12.6. The number of nitrogens with one attached hydrogen (secondary N) is 1. The summed E-state index contributed by atoms with van der Waals surface area (Å²) < 4.78 is 0. The van der Waals surface area contributed by atoms with E-state index in [2.05, 4.69) is 49.5 Å². The van der Waals surface area contributed by atoms with Crippen LogP contribution >= 0.6 is 0 Å². The van der Waals surface area contributed by atoms with Gasteiger partial charge in [-0.2, -0.15) is 5.26 Å². The topological polar surface area (TPSA) is 56.1 Å². The first-order chi connectivity index (χ1) is 12.1. The van der Waals surface area contributed by atoms with Crippen molar-refractivity contribution in [2.75, 3.05) is 0 Å². The molecule has 3 atom stereocenters. The summed E-state index contributed by atoms with van der Waals surface area (Å²) in [6, 6.07) is 18.1. The predicted molar refractivity (Wildman–Crippen MR) is 96.3 cm³/mol. The van der Waals surface area contributed by atoms with Crippen molar-refractivity contribution in [2.24, 2.45) is 0 Å². The van der Waals surface area contributed by atoms with Crippen molar-refractivity contribution < 1.29 is 4.79 Å². The Labute approximate surface area is 147 Å². The van der Waals surface area contributed by atoms with Crippen LogP contribution in [-0.2, 0) is 4.79 Å². The van der Waals surface area contributed by atoms with Crippen molar-refractivity contribution >= 4 is 11.6 Å². The standard InChI is InChI=1S/C21H19N3O/c1-13-3-7-17(8-4-13)20-14(2)24-19(25)11-18(23-21(20)24)16-9-5-15(12-22)6-10-16/h3-11,14,20-21,23H,1-2H3. The summed E-state index contributed by atoms with van der Waals surface area (Å²) in [4.78, 5) is 14.5. The molecular weight excluding hydrogens is 310 g/mol. The van der Waals surface area contributed by atoms with Gasteiger partial charge in [0.25, 0.3) is 5.91 Å². The smallest absolute Gasteiger partial charge is 0.250 e. The van der Waals surface area contributed by atoms with Gasteiger partial charge in [-0.15, -0.1) is 0 Å². The Morgan fingerprint density at radius 1 is 1.08 bits per heavy atom. The molecule has 124 valence electrons. The lowest BCUT2D eigenvalue weighted by molar-refractivity contribution is -0.143. The second-order valence-corrected chi connectivity index (χ2v) is 6.76. The Bertz CT molecular complexity index is 890. The third kappa shape index (κ3) is 2.49. The van der Waals surface area contributed by atoms with Crippen LogP contribution in [-0.4, -0.2) is 23.0 Å².